The summed E-state index contributed by atoms with van der Waals surface area (Å²) in [6.45, 7) is 2.83. The molecule has 8 nitrogen and oxygen atoms in total. The van der Waals surface area contributed by atoms with Crippen molar-refractivity contribution in [2.45, 2.75) is 25.8 Å². The van der Waals surface area contributed by atoms with Crippen LogP contribution in [0.2, 0.25) is 0 Å². The van der Waals surface area contributed by atoms with Crippen molar-refractivity contribution in [1.82, 2.24) is 29.5 Å². The van der Waals surface area contributed by atoms with Crippen LogP contribution in [-0.4, -0.2) is 67.5 Å². The van der Waals surface area contributed by atoms with Gasteiger partial charge in [-0.05, 0) is 37.5 Å². The Morgan fingerprint density at radius 2 is 1.52 bits per heavy atom. The van der Waals surface area contributed by atoms with E-state index in [1.165, 1.54) is 6.20 Å². The van der Waals surface area contributed by atoms with Crippen LogP contribution in [0.3, 0.4) is 0 Å². The predicted octanol–water partition coefficient (Wildman–Crippen LogP) is 1.76. The summed E-state index contributed by atoms with van der Waals surface area (Å²) in [6.07, 6.45) is 4.77. The summed E-state index contributed by atoms with van der Waals surface area (Å²) < 4.78 is 1.95. The molecule has 0 N–H and O–H groups in total. The van der Waals surface area contributed by atoms with Crippen molar-refractivity contribution < 1.29 is 9.59 Å². The van der Waals surface area contributed by atoms with E-state index in [-0.39, 0.29) is 11.8 Å². The van der Waals surface area contributed by atoms with Gasteiger partial charge in [0.15, 0.2) is 5.69 Å². The van der Waals surface area contributed by atoms with Gasteiger partial charge < -0.3 is 9.80 Å². The third-order valence-electron chi connectivity index (χ3n) is 5.66. The summed E-state index contributed by atoms with van der Waals surface area (Å²) in [4.78, 5) is 37.9. The molecule has 0 saturated carbocycles. The second kappa shape index (κ2) is 7.27. The molecule has 1 fully saturated rings. The van der Waals surface area contributed by atoms with Gasteiger partial charge in [0.25, 0.3) is 11.8 Å². The van der Waals surface area contributed by atoms with Crippen molar-refractivity contribution in [2.75, 3.05) is 26.2 Å². The van der Waals surface area contributed by atoms with Gasteiger partial charge in [-0.1, -0.05) is 12.1 Å². The molecule has 0 aliphatic carbocycles. The molecule has 2 amide bonds. The molecule has 8 heteroatoms. The van der Waals surface area contributed by atoms with Gasteiger partial charge >= 0.3 is 0 Å². The van der Waals surface area contributed by atoms with Crippen molar-refractivity contribution in [1.29, 1.82) is 0 Å². The van der Waals surface area contributed by atoms with E-state index in [1.807, 2.05) is 35.0 Å². The lowest BCUT2D eigenvalue weighted by Gasteiger charge is -2.34. The molecule has 1 saturated heterocycles. The third-order valence-corrected chi connectivity index (χ3v) is 5.66. The van der Waals surface area contributed by atoms with Crippen LogP contribution in [0.1, 0.15) is 39.5 Å². The van der Waals surface area contributed by atoms with Gasteiger partial charge in [0.1, 0.15) is 5.69 Å². The Hall–Kier alpha value is -3.29. The number of benzene rings is 1. The van der Waals surface area contributed by atoms with Crippen LogP contribution >= 0.6 is 0 Å². The van der Waals surface area contributed by atoms with E-state index in [4.69, 9.17) is 0 Å². The molecule has 29 heavy (non-hydrogen) atoms. The first kappa shape index (κ1) is 17.8. The van der Waals surface area contributed by atoms with Crippen LogP contribution < -0.4 is 0 Å². The van der Waals surface area contributed by atoms with Crippen LogP contribution in [0.5, 0.6) is 0 Å². The molecule has 4 heterocycles. The maximum absolute atomic E-state index is 12.8. The molecule has 2 aliphatic rings. The lowest BCUT2D eigenvalue weighted by molar-refractivity contribution is 0.0528. The molecule has 0 spiro atoms. The van der Waals surface area contributed by atoms with Crippen molar-refractivity contribution in [2.24, 2.45) is 0 Å². The second-order valence-corrected chi connectivity index (χ2v) is 7.53. The van der Waals surface area contributed by atoms with Crippen molar-refractivity contribution in [3.8, 4) is 0 Å². The van der Waals surface area contributed by atoms with Crippen molar-refractivity contribution in [3.05, 3.63) is 53.6 Å². The number of fused-ring (bicyclic) bond motifs is 2. The van der Waals surface area contributed by atoms with Crippen molar-refractivity contribution >= 4 is 22.8 Å². The molecule has 0 radical (unpaired) electrons. The van der Waals surface area contributed by atoms with Crippen LogP contribution in [0.15, 0.2) is 36.5 Å². The smallest absolute Gasteiger partial charge is 0.274 e. The number of hydrogen-bond donors (Lipinski definition) is 0. The average Bonchev–Trinajstić information content (AvgIpc) is 3.22. The van der Waals surface area contributed by atoms with E-state index in [2.05, 4.69) is 15.1 Å². The fourth-order valence-electron chi connectivity index (χ4n) is 4.02. The number of amides is 2. The van der Waals surface area contributed by atoms with Gasteiger partial charge in [0, 0.05) is 38.4 Å². The zero-order valence-corrected chi connectivity index (χ0v) is 16.1. The van der Waals surface area contributed by atoms with Gasteiger partial charge in [-0.15, -0.1) is 0 Å². The average molecular weight is 390 g/mol. The fourth-order valence-corrected chi connectivity index (χ4v) is 4.02. The van der Waals surface area contributed by atoms with Gasteiger partial charge in [-0.3, -0.25) is 19.3 Å². The number of carbonyl (C=O) groups excluding carboxylic acids is 2. The maximum atomic E-state index is 12.8. The van der Waals surface area contributed by atoms with Crippen molar-refractivity contribution in [3.63, 3.8) is 0 Å². The molecule has 0 atom stereocenters. The molecule has 0 bridgehead atoms. The summed E-state index contributed by atoms with van der Waals surface area (Å²) in [5.74, 6) is -0.197. The van der Waals surface area contributed by atoms with E-state index < -0.39 is 0 Å². The predicted molar refractivity (Wildman–Crippen MR) is 107 cm³/mol. The largest absolute Gasteiger partial charge is 0.334 e. The molecule has 1 aromatic carbocycles. The minimum atomic E-state index is -0.146. The van der Waals surface area contributed by atoms with E-state index in [0.29, 0.717) is 43.1 Å². The summed E-state index contributed by atoms with van der Waals surface area (Å²) >= 11 is 0. The Bertz CT molecular complexity index is 1060. The molecule has 2 aromatic heterocycles. The minimum absolute atomic E-state index is 0.0514. The summed E-state index contributed by atoms with van der Waals surface area (Å²) in [6, 6.07) is 9.41. The molecule has 148 valence electrons. The van der Waals surface area contributed by atoms with Gasteiger partial charge in [-0.25, -0.2) is 4.98 Å². The zero-order valence-electron chi connectivity index (χ0n) is 16.1. The maximum Gasteiger partial charge on any atom is 0.274 e. The molecule has 0 unspecified atom stereocenters. The third kappa shape index (κ3) is 3.35. The van der Waals surface area contributed by atoms with Crippen LogP contribution in [0.25, 0.3) is 11.0 Å². The highest BCUT2D eigenvalue weighted by molar-refractivity contribution is 5.95. The summed E-state index contributed by atoms with van der Waals surface area (Å²) in [7, 11) is 0. The Morgan fingerprint density at radius 3 is 2.24 bits per heavy atom. The first-order valence-electron chi connectivity index (χ1n) is 10.1. The Labute approximate surface area is 168 Å². The number of rotatable bonds is 2. The number of nitrogens with zero attached hydrogens (tertiary/aromatic N) is 6. The number of aromatic nitrogens is 4. The van der Waals surface area contributed by atoms with E-state index in [0.717, 1.165) is 37.0 Å². The Kier molecular flexibility index (Phi) is 4.46. The second-order valence-electron chi connectivity index (χ2n) is 7.53. The topological polar surface area (TPSA) is 84.2 Å². The molecule has 5 rings (SSSR count). The highest BCUT2D eigenvalue weighted by atomic mass is 16.2. The molecule has 2 aliphatic heterocycles. The number of piperazine rings is 1. The molecular formula is C21H22N6O2. The lowest BCUT2D eigenvalue weighted by atomic mass is 10.1. The normalized spacial score (nSPS) is 16.7. The SMILES string of the molecule is O=C(c1cnc2ccccc2n1)N1CCN(C(=O)c2cc3n(n2)CCCC3)CC1. The highest BCUT2D eigenvalue weighted by Gasteiger charge is 2.28. The standard InChI is InChI=1S/C21H22N6O2/c28-20(18-13-15-5-3-4-8-27(15)24-18)25-9-11-26(12-10-25)21(29)19-14-22-16-6-1-2-7-17(16)23-19/h1-2,6-7,13-14H,3-5,8-12H2. The number of carbonyl (C=O) groups is 2. The van der Waals surface area contributed by atoms with E-state index in [1.54, 1.807) is 9.80 Å². The number of hydrogen-bond acceptors (Lipinski definition) is 5. The Morgan fingerprint density at radius 1 is 0.828 bits per heavy atom. The highest BCUT2D eigenvalue weighted by Crippen LogP contribution is 2.17. The van der Waals surface area contributed by atoms with Gasteiger partial charge in [0.2, 0.25) is 0 Å². The number of aryl methyl sites for hydroxylation is 2. The van der Waals surface area contributed by atoms with Crippen LogP contribution in [0.4, 0.5) is 0 Å². The van der Waals surface area contributed by atoms with E-state index in [9.17, 15) is 9.59 Å². The zero-order chi connectivity index (χ0) is 19.8. The first-order valence-corrected chi connectivity index (χ1v) is 10.1. The summed E-state index contributed by atoms with van der Waals surface area (Å²) in [5.41, 5.74) is 3.47. The monoisotopic (exact) mass is 390 g/mol. The van der Waals surface area contributed by atoms with Gasteiger partial charge in [0.05, 0.1) is 17.2 Å². The Balaban J connectivity index is 1.25. The van der Waals surface area contributed by atoms with E-state index >= 15 is 0 Å². The quantitative estimate of drug-likeness (QED) is 0.666. The number of para-hydroxylation sites is 2. The molecular weight excluding hydrogens is 368 g/mol. The lowest BCUT2D eigenvalue weighted by Crippen LogP contribution is -2.50. The first-order chi connectivity index (χ1) is 14.2. The minimum Gasteiger partial charge on any atom is -0.334 e. The van der Waals surface area contributed by atoms with Gasteiger partial charge in [-0.2, -0.15) is 5.10 Å². The molecule has 3 aromatic rings. The van der Waals surface area contributed by atoms with Crippen LogP contribution in [0, 0.1) is 0 Å². The fraction of sp³-hybridized carbons (Fsp3) is 0.381. The summed E-state index contributed by atoms with van der Waals surface area (Å²) in [5, 5.41) is 4.48. The van der Waals surface area contributed by atoms with Crippen LogP contribution in [-0.2, 0) is 13.0 Å².